The summed E-state index contributed by atoms with van der Waals surface area (Å²) < 4.78 is 2.15. The van der Waals surface area contributed by atoms with Gasteiger partial charge in [0.05, 0.1) is 5.69 Å². The first-order valence-electron chi connectivity index (χ1n) is 8.71. The lowest BCUT2D eigenvalue weighted by atomic mass is 10.2. The van der Waals surface area contributed by atoms with Crippen molar-refractivity contribution < 1.29 is 0 Å². The van der Waals surface area contributed by atoms with Gasteiger partial charge in [0.25, 0.3) is 0 Å². The molecule has 7 heteroatoms. The smallest absolute Gasteiger partial charge is 0.191 e. The topological polar surface area (TPSA) is 55.6 Å². The summed E-state index contributed by atoms with van der Waals surface area (Å²) in [6.07, 6.45) is 0. The summed E-state index contributed by atoms with van der Waals surface area (Å²) in [6, 6.07) is 20.3. The number of anilines is 2. The molecule has 27 heavy (non-hydrogen) atoms. The van der Waals surface area contributed by atoms with E-state index in [1.165, 1.54) is 0 Å². The third-order valence-electron chi connectivity index (χ3n) is 3.99. The first-order chi connectivity index (χ1) is 13.3. The van der Waals surface area contributed by atoms with Crippen LogP contribution in [0.5, 0.6) is 0 Å². The van der Waals surface area contributed by atoms with Gasteiger partial charge in [0, 0.05) is 28.9 Å². The molecule has 2 heterocycles. The second-order valence-corrected chi connectivity index (χ2v) is 7.64. The number of benzene rings is 2. The minimum Gasteiger partial charge on any atom is -0.332 e. The maximum atomic E-state index is 4.67. The monoisotopic (exact) mass is 393 g/mol. The van der Waals surface area contributed by atoms with E-state index in [0.717, 1.165) is 45.4 Å². The van der Waals surface area contributed by atoms with Gasteiger partial charge < -0.3 is 9.88 Å². The summed E-state index contributed by atoms with van der Waals surface area (Å²) in [4.78, 5) is 4.67. The van der Waals surface area contributed by atoms with E-state index in [4.69, 9.17) is 0 Å². The molecule has 136 valence electrons. The summed E-state index contributed by atoms with van der Waals surface area (Å²) in [7, 11) is 0. The Balaban J connectivity index is 1.44. The maximum Gasteiger partial charge on any atom is 0.191 e. The third kappa shape index (κ3) is 4.20. The molecule has 1 N–H and O–H groups in total. The number of aromatic nitrogens is 4. The standard InChI is InChI=1S/C20H19N5S2/c1-2-25-18(15-9-5-3-6-10-15)23-24-20(25)27-14-17-13-26-19(22-17)21-16-11-7-4-8-12-16/h3-13H,2,14H2,1H3,(H,21,22). The average Bonchev–Trinajstić information content (AvgIpc) is 3.34. The van der Waals surface area contributed by atoms with Crippen LogP contribution in [0.25, 0.3) is 11.4 Å². The molecule has 0 radical (unpaired) electrons. The van der Waals surface area contributed by atoms with Crippen LogP contribution in [0.2, 0.25) is 0 Å². The van der Waals surface area contributed by atoms with Crippen molar-refractivity contribution in [3.63, 3.8) is 0 Å². The number of thioether (sulfide) groups is 1. The fourth-order valence-corrected chi connectivity index (χ4v) is 4.43. The Morgan fingerprint density at radius 1 is 1.00 bits per heavy atom. The van der Waals surface area contributed by atoms with E-state index in [1.54, 1.807) is 23.1 Å². The Morgan fingerprint density at radius 3 is 2.48 bits per heavy atom. The summed E-state index contributed by atoms with van der Waals surface area (Å²) in [5, 5.41) is 16.0. The molecule has 0 saturated carbocycles. The SMILES string of the molecule is CCn1c(SCc2csc(Nc3ccccc3)n2)nnc1-c1ccccc1. The summed E-state index contributed by atoms with van der Waals surface area (Å²) in [5.74, 6) is 1.67. The second-order valence-electron chi connectivity index (χ2n) is 5.84. The largest absolute Gasteiger partial charge is 0.332 e. The Labute approximate surface area is 166 Å². The van der Waals surface area contributed by atoms with Gasteiger partial charge in [-0.3, -0.25) is 0 Å². The van der Waals surface area contributed by atoms with Crippen LogP contribution in [0.1, 0.15) is 12.6 Å². The van der Waals surface area contributed by atoms with Crippen molar-refractivity contribution in [2.24, 2.45) is 0 Å². The summed E-state index contributed by atoms with van der Waals surface area (Å²) >= 11 is 3.28. The van der Waals surface area contributed by atoms with Crippen LogP contribution in [0.4, 0.5) is 10.8 Å². The van der Waals surface area contributed by atoms with Crippen LogP contribution in [0, 0.1) is 0 Å². The molecule has 0 spiro atoms. The number of thiazole rings is 1. The van der Waals surface area contributed by atoms with Crippen molar-refractivity contribution in [2.45, 2.75) is 24.4 Å². The van der Waals surface area contributed by atoms with Crippen molar-refractivity contribution in [3.05, 3.63) is 71.7 Å². The molecule has 5 nitrogen and oxygen atoms in total. The lowest BCUT2D eigenvalue weighted by molar-refractivity contribution is 0.687. The van der Waals surface area contributed by atoms with Crippen LogP contribution in [0.15, 0.2) is 71.2 Å². The van der Waals surface area contributed by atoms with Crippen LogP contribution in [0.3, 0.4) is 0 Å². The highest BCUT2D eigenvalue weighted by Crippen LogP contribution is 2.28. The summed E-state index contributed by atoms with van der Waals surface area (Å²) in [6.45, 7) is 2.95. The first kappa shape index (κ1) is 17.8. The van der Waals surface area contributed by atoms with Gasteiger partial charge in [0.1, 0.15) is 0 Å². The van der Waals surface area contributed by atoms with Crippen LogP contribution in [-0.2, 0) is 12.3 Å². The molecule has 0 fully saturated rings. The minimum atomic E-state index is 0.764. The van der Waals surface area contributed by atoms with Crippen molar-refractivity contribution in [1.29, 1.82) is 0 Å². The third-order valence-corrected chi connectivity index (χ3v) is 5.80. The zero-order valence-electron chi connectivity index (χ0n) is 14.9. The Morgan fingerprint density at radius 2 is 1.74 bits per heavy atom. The van der Waals surface area contributed by atoms with E-state index in [9.17, 15) is 0 Å². The molecule has 0 bridgehead atoms. The van der Waals surface area contributed by atoms with E-state index in [-0.39, 0.29) is 0 Å². The highest BCUT2D eigenvalue weighted by Gasteiger charge is 2.13. The average molecular weight is 394 g/mol. The number of nitrogens with zero attached hydrogens (tertiary/aromatic N) is 4. The molecule has 0 saturated heterocycles. The van der Waals surface area contributed by atoms with Crippen molar-refractivity contribution in [2.75, 3.05) is 5.32 Å². The molecule has 0 amide bonds. The Bertz CT molecular complexity index is 996. The molecular formula is C20H19N5S2. The maximum absolute atomic E-state index is 4.67. The number of nitrogens with one attached hydrogen (secondary N) is 1. The van der Waals surface area contributed by atoms with Gasteiger partial charge in [0.15, 0.2) is 16.1 Å². The first-order valence-corrected chi connectivity index (χ1v) is 10.6. The number of para-hydroxylation sites is 1. The second kappa shape index (κ2) is 8.37. The molecule has 4 aromatic rings. The minimum absolute atomic E-state index is 0.764. The van der Waals surface area contributed by atoms with Gasteiger partial charge in [-0.15, -0.1) is 21.5 Å². The fraction of sp³-hybridized carbons (Fsp3) is 0.150. The predicted octanol–water partition coefficient (Wildman–Crippen LogP) is 5.46. The lowest BCUT2D eigenvalue weighted by Gasteiger charge is -2.06. The lowest BCUT2D eigenvalue weighted by Crippen LogP contribution is -1.99. The molecule has 4 rings (SSSR count). The van der Waals surface area contributed by atoms with Crippen LogP contribution in [-0.4, -0.2) is 19.7 Å². The van der Waals surface area contributed by atoms with Crippen molar-refractivity contribution in [1.82, 2.24) is 19.7 Å². The molecule has 2 aromatic carbocycles. The molecule has 0 atom stereocenters. The summed E-state index contributed by atoms with van der Waals surface area (Å²) in [5.41, 5.74) is 3.17. The van der Waals surface area contributed by atoms with E-state index in [1.807, 2.05) is 48.5 Å². The zero-order chi connectivity index (χ0) is 18.5. The van der Waals surface area contributed by atoms with Gasteiger partial charge in [-0.05, 0) is 19.1 Å². The van der Waals surface area contributed by atoms with Gasteiger partial charge >= 0.3 is 0 Å². The molecular weight excluding hydrogens is 374 g/mol. The van der Waals surface area contributed by atoms with E-state index < -0.39 is 0 Å². The van der Waals surface area contributed by atoms with E-state index in [2.05, 4.69) is 49.5 Å². The van der Waals surface area contributed by atoms with Crippen molar-refractivity contribution in [3.8, 4) is 11.4 Å². The highest BCUT2D eigenvalue weighted by atomic mass is 32.2. The predicted molar refractivity (Wildman–Crippen MR) is 113 cm³/mol. The van der Waals surface area contributed by atoms with E-state index >= 15 is 0 Å². The van der Waals surface area contributed by atoms with Gasteiger partial charge in [-0.25, -0.2) is 4.98 Å². The van der Waals surface area contributed by atoms with Crippen LogP contribution < -0.4 is 5.32 Å². The van der Waals surface area contributed by atoms with Crippen molar-refractivity contribution >= 4 is 33.9 Å². The number of rotatable bonds is 7. The molecule has 0 unspecified atom stereocenters. The normalized spacial score (nSPS) is 10.9. The molecule has 0 aliphatic carbocycles. The van der Waals surface area contributed by atoms with Crippen LogP contribution >= 0.6 is 23.1 Å². The quantitative estimate of drug-likeness (QED) is 0.423. The molecule has 2 aromatic heterocycles. The number of hydrogen-bond acceptors (Lipinski definition) is 6. The Kier molecular flexibility index (Phi) is 5.50. The fourth-order valence-electron chi connectivity index (χ4n) is 2.70. The molecule has 0 aliphatic heterocycles. The van der Waals surface area contributed by atoms with Gasteiger partial charge in [0.2, 0.25) is 0 Å². The van der Waals surface area contributed by atoms with E-state index in [0.29, 0.717) is 0 Å². The Hall–Kier alpha value is -2.64. The molecule has 0 aliphatic rings. The zero-order valence-corrected chi connectivity index (χ0v) is 16.5. The highest BCUT2D eigenvalue weighted by molar-refractivity contribution is 7.98. The van der Waals surface area contributed by atoms with Gasteiger partial charge in [-0.2, -0.15) is 0 Å². The number of hydrogen-bond donors (Lipinski definition) is 1. The van der Waals surface area contributed by atoms with Gasteiger partial charge in [-0.1, -0.05) is 60.3 Å².